The minimum absolute atomic E-state index is 0.0415. The Morgan fingerprint density at radius 3 is 2.65 bits per heavy atom. The van der Waals surface area contributed by atoms with Crippen molar-refractivity contribution in [2.24, 2.45) is 0 Å². The van der Waals surface area contributed by atoms with E-state index in [-0.39, 0.29) is 12.1 Å². The number of carbonyl (C=O) groups is 1. The zero-order valence-corrected chi connectivity index (χ0v) is 11.1. The summed E-state index contributed by atoms with van der Waals surface area (Å²) < 4.78 is 14.5. The molecule has 0 radical (unpaired) electrons. The highest BCUT2D eigenvalue weighted by atomic mass is 19.1. The Balaban J connectivity index is 2.51. The van der Waals surface area contributed by atoms with Crippen LogP contribution >= 0.6 is 0 Å². The van der Waals surface area contributed by atoms with Crippen LogP contribution in [-0.2, 0) is 6.54 Å². The number of aryl methyl sites for hydroxylation is 2. The van der Waals surface area contributed by atoms with Crippen molar-refractivity contribution >= 4 is 5.97 Å². The average Bonchev–Trinajstić information content (AvgIpc) is 2.34. The molecule has 0 atom stereocenters. The van der Waals surface area contributed by atoms with E-state index >= 15 is 0 Å². The van der Waals surface area contributed by atoms with Gasteiger partial charge in [0.15, 0.2) is 0 Å². The fraction of sp³-hybridized carbons (Fsp3) is 0.214. The maximum absolute atomic E-state index is 13.1. The number of hydrogen-bond acceptors (Lipinski definition) is 3. The SMILES string of the molecule is Cc1cc(C)n(Cc2ccc(F)cc2C(=O)O)c(=O)n1. The molecule has 0 aliphatic carbocycles. The molecule has 20 heavy (non-hydrogen) atoms. The third kappa shape index (κ3) is 2.74. The van der Waals surface area contributed by atoms with Gasteiger partial charge in [0.2, 0.25) is 0 Å². The molecule has 1 heterocycles. The van der Waals surface area contributed by atoms with Crippen LogP contribution in [-0.4, -0.2) is 20.6 Å². The molecule has 0 amide bonds. The van der Waals surface area contributed by atoms with Crippen molar-refractivity contribution in [3.63, 3.8) is 0 Å². The number of aromatic carboxylic acids is 1. The molecule has 1 N–H and O–H groups in total. The molecule has 2 rings (SSSR count). The number of nitrogens with zero attached hydrogens (tertiary/aromatic N) is 2. The molecule has 0 aliphatic heterocycles. The summed E-state index contributed by atoms with van der Waals surface area (Å²) in [6.07, 6.45) is 0. The number of carboxylic acid groups (broad SMARTS) is 1. The molecule has 0 unspecified atom stereocenters. The molecule has 104 valence electrons. The Morgan fingerprint density at radius 1 is 1.35 bits per heavy atom. The van der Waals surface area contributed by atoms with E-state index in [1.165, 1.54) is 16.7 Å². The second-order valence-corrected chi connectivity index (χ2v) is 4.51. The van der Waals surface area contributed by atoms with E-state index in [9.17, 15) is 14.0 Å². The fourth-order valence-electron chi connectivity index (χ4n) is 2.02. The summed E-state index contributed by atoms with van der Waals surface area (Å²) in [5.74, 6) is -1.86. The standard InChI is InChI=1S/C14H13FN2O3/c1-8-5-9(2)17(14(20)16-8)7-10-3-4-11(15)6-12(10)13(18)19/h3-6H,7H2,1-2H3,(H,18,19). The highest BCUT2D eigenvalue weighted by molar-refractivity contribution is 5.89. The number of halogens is 1. The van der Waals surface area contributed by atoms with E-state index in [2.05, 4.69) is 4.98 Å². The lowest BCUT2D eigenvalue weighted by Gasteiger charge is -2.11. The van der Waals surface area contributed by atoms with Crippen LogP contribution in [0.4, 0.5) is 4.39 Å². The van der Waals surface area contributed by atoms with Crippen molar-refractivity contribution in [3.8, 4) is 0 Å². The van der Waals surface area contributed by atoms with Gasteiger partial charge in [-0.3, -0.25) is 4.57 Å². The van der Waals surface area contributed by atoms with Gasteiger partial charge >= 0.3 is 11.7 Å². The van der Waals surface area contributed by atoms with Crippen LogP contribution in [0.1, 0.15) is 27.3 Å². The van der Waals surface area contributed by atoms with Crippen molar-refractivity contribution in [1.29, 1.82) is 0 Å². The van der Waals surface area contributed by atoms with Gasteiger partial charge in [0, 0.05) is 11.4 Å². The largest absolute Gasteiger partial charge is 0.478 e. The maximum Gasteiger partial charge on any atom is 0.348 e. The van der Waals surface area contributed by atoms with Gasteiger partial charge in [-0.05, 0) is 37.6 Å². The molecular weight excluding hydrogens is 263 g/mol. The molecular formula is C14H13FN2O3. The maximum atomic E-state index is 13.1. The van der Waals surface area contributed by atoms with E-state index in [1.54, 1.807) is 19.9 Å². The lowest BCUT2D eigenvalue weighted by molar-refractivity contribution is 0.0695. The normalized spacial score (nSPS) is 10.6. The van der Waals surface area contributed by atoms with E-state index in [0.29, 0.717) is 17.0 Å². The Hall–Kier alpha value is -2.50. The van der Waals surface area contributed by atoms with Crippen LogP contribution in [0.3, 0.4) is 0 Å². The third-order valence-electron chi connectivity index (χ3n) is 2.98. The Kier molecular flexibility index (Phi) is 3.65. The number of benzene rings is 1. The Labute approximate surface area is 114 Å². The van der Waals surface area contributed by atoms with Gasteiger partial charge in [-0.1, -0.05) is 6.07 Å². The third-order valence-corrected chi connectivity index (χ3v) is 2.98. The van der Waals surface area contributed by atoms with Gasteiger partial charge in [0.25, 0.3) is 0 Å². The van der Waals surface area contributed by atoms with E-state index in [1.807, 2.05) is 0 Å². The first-order valence-electron chi connectivity index (χ1n) is 5.95. The van der Waals surface area contributed by atoms with Gasteiger partial charge in [0.05, 0.1) is 12.1 Å². The van der Waals surface area contributed by atoms with Crippen LogP contribution < -0.4 is 5.69 Å². The van der Waals surface area contributed by atoms with E-state index in [4.69, 9.17) is 5.11 Å². The van der Waals surface area contributed by atoms with Gasteiger partial charge < -0.3 is 5.11 Å². The number of aromatic nitrogens is 2. The summed E-state index contributed by atoms with van der Waals surface area (Å²) >= 11 is 0. The second-order valence-electron chi connectivity index (χ2n) is 4.51. The summed E-state index contributed by atoms with van der Waals surface area (Å²) in [5.41, 5.74) is 1.01. The molecule has 0 spiro atoms. The molecule has 5 nitrogen and oxygen atoms in total. The Bertz CT molecular complexity index is 738. The first-order chi connectivity index (χ1) is 9.38. The highest BCUT2D eigenvalue weighted by Crippen LogP contribution is 2.13. The van der Waals surface area contributed by atoms with Crippen LogP contribution in [0.15, 0.2) is 29.1 Å². The molecule has 0 bridgehead atoms. The fourth-order valence-corrected chi connectivity index (χ4v) is 2.02. The number of rotatable bonds is 3. The molecule has 0 fully saturated rings. The monoisotopic (exact) mass is 276 g/mol. The van der Waals surface area contributed by atoms with Crippen LogP contribution in [0, 0.1) is 19.7 Å². The Morgan fingerprint density at radius 2 is 2.05 bits per heavy atom. The number of hydrogen-bond donors (Lipinski definition) is 1. The molecule has 1 aromatic carbocycles. The van der Waals surface area contributed by atoms with Crippen LogP contribution in [0.25, 0.3) is 0 Å². The summed E-state index contributed by atoms with van der Waals surface area (Å²) in [4.78, 5) is 26.8. The zero-order valence-electron chi connectivity index (χ0n) is 11.1. The van der Waals surface area contributed by atoms with Crippen molar-refractivity contribution < 1.29 is 14.3 Å². The van der Waals surface area contributed by atoms with Crippen molar-refractivity contribution in [3.05, 3.63) is 63.1 Å². The molecule has 2 aromatic rings. The predicted molar refractivity (Wildman–Crippen MR) is 70.4 cm³/mol. The number of carboxylic acids is 1. The molecule has 6 heteroatoms. The van der Waals surface area contributed by atoms with Gasteiger partial charge in [-0.2, -0.15) is 4.98 Å². The van der Waals surface area contributed by atoms with Crippen molar-refractivity contribution in [2.75, 3.05) is 0 Å². The van der Waals surface area contributed by atoms with Crippen LogP contribution in [0.2, 0.25) is 0 Å². The van der Waals surface area contributed by atoms with Gasteiger partial charge in [0.1, 0.15) is 5.82 Å². The first kappa shape index (κ1) is 13.9. The molecule has 1 aromatic heterocycles. The van der Waals surface area contributed by atoms with Gasteiger partial charge in [-0.15, -0.1) is 0 Å². The topological polar surface area (TPSA) is 72.2 Å². The zero-order chi connectivity index (χ0) is 14.9. The summed E-state index contributed by atoms with van der Waals surface area (Å²) in [7, 11) is 0. The minimum atomic E-state index is -1.23. The lowest BCUT2D eigenvalue weighted by atomic mass is 10.1. The smallest absolute Gasteiger partial charge is 0.348 e. The summed E-state index contributed by atoms with van der Waals surface area (Å²) in [5, 5.41) is 9.08. The molecule has 0 saturated heterocycles. The summed E-state index contributed by atoms with van der Waals surface area (Å²) in [6, 6.07) is 5.21. The first-order valence-corrected chi connectivity index (χ1v) is 5.95. The second kappa shape index (κ2) is 5.24. The average molecular weight is 276 g/mol. The van der Waals surface area contributed by atoms with Crippen molar-refractivity contribution in [2.45, 2.75) is 20.4 Å². The predicted octanol–water partition coefficient (Wildman–Crippen LogP) is 1.75. The van der Waals surface area contributed by atoms with Gasteiger partial charge in [-0.25, -0.2) is 14.0 Å². The summed E-state index contributed by atoms with van der Waals surface area (Å²) in [6.45, 7) is 3.49. The molecule has 0 aliphatic rings. The molecule has 0 saturated carbocycles. The van der Waals surface area contributed by atoms with E-state index in [0.717, 1.165) is 6.07 Å². The quantitative estimate of drug-likeness (QED) is 0.927. The lowest BCUT2D eigenvalue weighted by Crippen LogP contribution is -2.26. The van der Waals surface area contributed by atoms with E-state index < -0.39 is 17.5 Å². The van der Waals surface area contributed by atoms with Crippen molar-refractivity contribution in [1.82, 2.24) is 9.55 Å². The van der Waals surface area contributed by atoms with Crippen LogP contribution in [0.5, 0.6) is 0 Å². The highest BCUT2D eigenvalue weighted by Gasteiger charge is 2.13. The minimum Gasteiger partial charge on any atom is -0.478 e.